The second kappa shape index (κ2) is 5.87. The number of aliphatic hydroxyl groups excluding tert-OH is 1. The van der Waals surface area contributed by atoms with Crippen LogP contribution in [0, 0.1) is 5.92 Å². The highest BCUT2D eigenvalue weighted by atomic mass is 35.5. The van der Waals surface area contributed by atoms with E-state index >= 15 is 0 Å². The lowest BCUT2D eigenvalue weighted by molar-refractivity contribution is 0.0863. The number of hydrogen-bond donors (Lipinski definition) is 3. The zero-order chi connectivity index (χ0) is 14.8. The van der Waals surface area contributed by atoms with Gasteiger partial charge in [0.15, 0.2) is 5.82 Å². The Morgan fingerprint density at radius 2 is 2.43 bits per heavy atom. The number of carbonyl (C=O) groups excluding carboxylic acids is 1. The molecule has 2 heterocycles. The molecular weight excluding hydrogens is 294 g/mol. The van der Waals surface area contributed by atoms with Crippen molar-refractivity contribution < 1.29 is 9.90 Å². The molecule has 8 heteroatoms. The van der Waals surface area contributed by atoms with Gasteiger partial charge in [0, 0.05) is 25.1 Å². The first kappa shape index (κ1) is 14.1. The van der Waals surface area contributed by atoms with E-state index in [9.17, 15) is 9.90 Å². The molecule has 0 aliphatic heterocycles. The summed E-state index contributed by atoms with van der Waals surface area (Å²) in [5.41, 5.74) is 0. The zero-order valence-electron chi connectivity index (χ0n) is 11.2. The Kier molecular flexibility index (Phi) is 3.94. The van der Waals surface area contributed by atoms with Crippen molar-refractivity contribution in [2.75, 3.05) is 0 Å². The number of nitrogens with zero attached hydrogens (tertiary/aromatic N) is 3. The molecular formula is C13H16ClN5O2. The van der Waals surface area contributed by atoms with E-state index in [-0.39, 0.29) is 23.7 Å². The molecule has 3 atom stereocenters. The lowest BCUT2D eigenvalue weighted by Gasteiger charge is -2.15. The number of halogens is 1. The maximum atomic E-state index is 11.9. The molecule has 0 saturated heterocycles. The van der Waals surface area contributed by atoms with Crippen molar-refractivity contribution in [3.8, 4) is 0 Å². The summed E-state index contributed by atoms with van der Waals surface area (Å²) < 4.78 is 1.76. The van der Waals surface area contributed by atoms with Gasteiger partial charge in [-0.25, -0.2) is 4.98 Å². The number of aromatic nitrogens is 4. The van der Waals surface area contributed by atoms with Crippen molar-refractivity contribution >= 4 is 17.5 Å². The molecule has 1 fully saturated rings. The van der Waals surface area contributed by atoms with E-state index in [0.717, 1.165) is 0 Å². The third kappa shape index (κ3) is 3.25. The van der Waals surface area contributed by atoms with Crippen molar-refractivity contribution in [2.45, 2.75) is 31.5 Å². The average molecular weight is 310 g/mol. The maximum absolute atomic E-state index is 11.9. The van der Waals surface area contributed by atoms with Gasteiger partial charge < -0.3 is 15.4 Å². The molecule has 112 valence electrons. The first-order valence-electron chi connectivity index (χ1n) is 6.78. The summed E-state index contributed by atoms with van der Waals surface area (Å²) >= 11 is 5.83. The minimum absolute atomic E-state index is 0.248. The highest BCUT2D eigenvalue weighted by Gasteiger charge is 2.34. The minimum atomic E-state index is -0.556. The Labute approximate surface area is 126 Å². The third-order valence-corrected chi connectivity index (χ3v) is 3.90. The lowest BCUT2D eigenvalue weighted by atomic mass is 10.1. The number of amides is 1. The van der Waals surface area contributed by atoms with E-state index in [0.29, 0.717) is 24.4 Å². The smallest absolute Gasteiger partial charge is 0.287 e. The highest BCUT2D eigenvalue weighted by Crippen LogP contribution is 2.27. The molecule has 1 amide bonds. The van der Waals surface area contributed by atoms with E-state index in [1.807, 2.05) is 0 Å². The minimum Gasteiger partial charge on any atom is -0.391 e. The molecule has 2 aromatic heterocycles. The fourth-order valence-corrected chi connectivity index (χ4v) is 2.91. The van der Waals surface area contributed by atoms with Crippen LogP contribution in [-0.2, 0) is 6.54 Å². The summed E-state index contributed by atoms with van der Waals surface area (Å²) in [7, 11) is 0. The Morgan fingerprint density at radius 1 is 1.57 bits per heavy atom. The second-order valence-corrected chi connectivity index (χ2v) is 5.74. The molecule has 2 aromatic rings. The molecule has 0 bridgehead atoms. The van der Waals surface area contributed by atoms with Crippen molar-refractivity contribution in [3.63, 3.8) is 0 Å². The van der Waals surface area contributed by atoms with Crippen molar-refractivity contribution in [2.24, 2.45) is 5.92 Å². The van der Waals surface area contributed by atoms with Gasteiger partial charge >= 0.3 is 0 Å². The van der Waals surface area contributed by atoms with Crippen LogP contribution in [0.4, 0.5) is 0 Å². The fraction of sp³-hybridized carbons (Fsp3) is 0.462. The molecule has 3 N–H and O–H groups in total. The zero-order valence-corrected chi connectivity index (χ0v) is 12.0. The Balaban J connectivity index is 1.57. The average Bonchev–Trinajstić information content (AvgIpc) is 3.14. The molecule has 0 aromatic carbocycles. The summed E-state index contributed by atoms with van der Waals surface area (Å²) in [6, 6.07) is -0.265. The van der Waals surface area contributed by atoms with Crippen LogP contribution >= 0.6 is 11.6 Å². The number of rotatable bonds is 4. The summed E-state index contributed by atoms with van der Waals surface area (Å²) in [4.78, 5) is 18.6. The van der Waals surface area contributed by atoms with Crippen LogP contribution in [0.1, 0.15) is 23.5 Å². The predicted octanol–water partition coefficient (Wildman–Crippen LogP) is 0.829. The molecule has 3 rings (SSSR count). The monoisotopic (exact) mass is 309 g/mol. The van der Waals surface area contributed by atoms with Gasteiger partial charge in [0.25, 0.3) is 5.91 Å². The molecule has 7 nitrogen and oxygen atoms in total. The molecule has 1 aliphatic carbocycles. The number of imidazole rings is 1. The van der Waals surface area contributed by atoms with Crippen LogP contribution < -0.4 is 5.32 Å². The maximum Gasteiger partial charge on any atom is 0.287 e. The third-order valence-electron chi connectivity index (χ3n) is 3.70. The number of hydrogen-bond acceptors (Lipinski definition) is 4. The Bertz CT molecular complexity index is 612. The first-order valence-corrected chi connectivity index (χ1v) is 7.16. The molecule has 1 unspecified atom stereocenters. The predicted molar refractivity (Wildman–Crippen MR) is 75.8 cm³/mol. The van der Waals surface area contributed by atoms with E-state index in [1.165, 1.54) is 6.20 Å². The lowest BCUT2D eigenvalue weighted by Crippen LogP contribution is -2.40. The molecule has 21 heavy (non-hydrogen) atoms. The number of aromatic amines is 1. The standard InChI is InChI=1S/C13H16ClN5O2/c14-9-5-17-19(7-9)6-8-3-10(11(20)4-8)18-13(21)12-15-1-2-16-12/h1-2,5,7-8,10-11,20H,3-4,6H2,(H,15,16)(H,18,21)/t8?,10-,11-/m1/s1. The SMILES string of the molecule is O=C(N[C@@H]1CC(Cn2cc(Cl)cn2)C[C@H]1O)c1ncc[nH]1. The van der Waals surface area contributed by atoms with Crippen molar-refractivity contribution in [3.05, 3.63) is 35.6 Å². The van der Waals surface area contributed by atoms with E-state index in [1.54, 1.807) is 23.3 Å². The normalized spacial score (nSPS) is 25.1. The Morgan fingerprint density at radius 3 is 3.10 bits per heavy atom. The summed E-state index contributed by atoms with van der Waals surface area (Å²) in [6.07, 6.45) is 7.21. The highest BCUT2D eigenvalue weighted by molar-refractivity contribution is 6.30. The van der Waals surface area contributed by atoms with Crippen molar-refractivity contribution in [1.29, 1.82) is 0 Å². The van der Waals surface area contributed by atoms with Gasteiger partial charge in [-0.05, 0) is 18.8 Å². The van der Waals surface area contributed by atoms with Gasteiger partial charge in [-0.2, -0.15) is 5.10 Å². The largest absolute Gasteiger partial charge is 0.391 e. The number of aliphatic hydroxyl groups is 1. The molecule has 1 aliphatic rings. The van der Waals surface area contributed by atoms with Crippen LogP contribution in [-0.4, -0.2) is 42.9 Å². The van der Waals surface area contributed by atoms with E-state index < -0.39 is 6.10 Å². The van der Waals surface area contributed by atoms with E-state index in [4.69, 9.17) is 11.6 Å². The summed E-state index contributed by atoms with van der Waals surface area (Å²) in [5, 5.41) is 17.6. The topological polar surface area (TPSA) is 95.8 Å². The Hall–Kier alpha value is -1.86. The fourth-order valence-electron chi connectivity index (χ4n) is 2.75. The van der Waals surface area contributed by atoms with Crippen LogP contribution in [0.3, 0.4) is 0 Å². The number of carbonyl (C=O) groups is 1. The number of H-pyrrole nitrogens is 1. The first-order chi connectivity index (χ1) is 10.1. The van der Waals surface area contributed by atoms with Gasteiger partial charge in [0.05, 0.1) is 23.4 Å². The summed E-state index contributed by atoms with van der Waals surface area (Å²) in [5.74, 6) is 0.203. The number of nitrogens with one attached hydrogen (secondary N) is 2. The van der Waals surface area contributed by atoms with Crippen LogP contribution in [0.25, 0.3) is 0 Å². The van der Waals surface area contributed by atoms with Gasteiger partial charge in [0.1, 0.15) is 0 Å². The van der Waals surface area contributed by atoms with Crippen LogP contribution in [0.2, 0.25) is 5.02 Å². The van der Waals surface area contributed by atoms with Crippen LogP contribution in [0.5, 0.6) is 0 Å². The van der Waals surface area contributed by atoms with Crippen molar-refractivity contribution in [1.82, 2.24) is 25.1 Å². The van der Waals surface area contributed by atoms with Crippen LogP contribution in [0.15, 0.2) is 24.8 Å². The molecule has 0 spiro atoms. The van der Waals surface area contributed by atoms with Gasteiger partial charge in [-0.15, -0.1) is 0 Å². The van der Waals surface area contributed by atoms with Gasteiger partial charge in [-0.1, -0.05) is 11.6 Å². The van der Waals surface area contributed by atoms with Gasteiger partial charge in [-0.3, -0.25) is 9.48 Å². The molecule has 0 radical (unpaired) electrons. The second-order valence-electron chi connectivity index (χ2n) is 5.30. The van der Waals surface area contributed by atoms with E-state index in [2.05, 4.69) is 20.4 Å². The quantitative estimate of drug-likeness (QED) is 0.779. The molecule has 1 saturated carbocycles. The van der Waals surface area contributed by atoms with Gasteiger partial charge in [0.2, 0.25) is 0 Å². The summed E-state index contributed by atoms with van der Waals surface area (Å²) in [6.45, 7) is 0.677.